The molecule has 11 heavy (non-hydrogen) atoms. The third-order valence-electron chi connectivity index (χ3n) is 2.33. The van der Waals surface area contributed by atoms with Crippen LogP contribution in [0.4, 0.5) is 0 Å². The Kier molecular flexibility index (Phi) is 1.84. The predicted molar refractivity (Wildman–Crippen MR) is 42.1 cm³/mol. The van der Waals surface area contributed by atoms with Crippen LogP contribution in [0.2, 0.25) is 0 Å². The Hall–Kier alpha value is -0.920. The van der Waals surface area contributed by atoms with Crippen molar-refractivity contribution in [1.82, 2.24) is 9.97 Å². The van der Waals surface area contributed by atoms with Crippen LogP contribution >= 0.6 is 0 Å². The highest BCUT2D eigenvalue weighted by molar-refractivity contribution is 5.06. The summed E-state index contributed by atoms with van der Waals surface area (Å²) in [7, 11) is 0. The fourth-order valence-electron chi connectivity index (χ4n) is 1.72. The summed E-state index contributed by atoms with van der Waals surface area (Å²) in [5.74, 6) is 0.689. The van der Waals surface area contributed by atoms with Crippen LogP contribution in [0.15, 0.2) is 12.3 Å². The standard InChI is InChI=1S/C9H11N2/c1-2-4-8(3-1)9-5-6-10-7-11-9/h5-6,8H,1-4H2. The lowest BCUT2D eigenvalue weighted by molar-refractivity contribution is 0.693. The number of hydrogen-bond acceptors (Lipinski definition) is 2. The van der Waals surface area contributed by atoms with Gasteiger partial charge in [0.05, 0.1) is 0 Å². The van der Waals surface area contributed by atoms with Crippen LogP contribution < -0.4 is 0 Å². The molecule has 57 valence electrons. The summed E-state index contributed by atoms with van der Waals surface area (Å²) in [4.78, 5) is 7.91. The fourth-order valence-corrected chi connectivity index (χ4v) is 1.72. The van der Waals surface area contributed by atoms with Gasteiger partial charge in [0.1, 0.15) is 0 Å². The molecule has 0 N–H and O–H groups in total. The van der Waals surface area contributed by atoms with Gasteiger partial charge in [0.25, 0.3) is 0 Å². The van der Waals surface area contributed by atoms with Gasteiger partial charge in [0.15, 0.2) is 6.33 Å². The van der Waals surface area contributed by atoms with E-state index < -0.39 is 0 Å². The van der Waals surface area contributed by atoms with Gasteiger partial charge in [0, 0.05) is 17.8 Å². The molecule has 1 saturated carbocycles. The van der Waals surface area contributed by atoms with E-state index in [1.807, 2.05) is 6.07 Å². The van der Waals surface area contributed by atoms with Crippen molar-refractivity contribution < 1.29 is 0 Å². The van der Waals surface area contributed by atoms with E-state index in [9.17, 15) is 0 Å². The molecule has 1 aliphatic rings. The van der Waals surface area contributed by atoms with Gasteiger partial charge in [-0.1, -0.05) is 12.8 Å². The first-order valence-electron chi connectivity index (χ1n) is 4.16. The Labute approximate surface area is 66.7 Å². The zero-order chi connectivity index (χ0) is 7.52. The fraction of sp³-hybridized carbons (Fsp3) is 0.556. The lowest BCUT2D eigenvalue weighted by atomic mass is 10.0. The Morgan fingerprint density at radius 3 is 2.82 bits per heavy atom. The van der Waals surface area contributed by atoms with Crippen molar-refractivity contribution in [3.63, 3.8) is 0 Å². The minimum Gasteiger partial charge on any atom is -0.234 e. The Bertz CT molecular complexity index is 214. The maximum atomic E-state index is 4.12. The summed E-state index contributed by atoms with van der Waals surface area (Å²) in [5.41, 5.74) is 1.18. The van der Waals surface area contributed by atoms with Gasteiger partial charge in [-0.25, -0.2) is 9.97 Å². The molecule has 2 nitrogen and oxygen atoms in total. The molecule has 0 aromatic carbocycles. The summed E-state index contributed by atoms with van der Waals surface area (Å²) >= 11 is 0. The quantitative estimate of drug-likeness (QED) is 0.606. The topological polar surface area (TPSA) is 25.8 Å². The van der Waals surface area contributed by atoms with Crippen LogP contribution in [0.3, 0.4) is 0 Å². The van der Waals surface area contributed by atoms with Crippen LogP contribution in [0, 0.1) is 6.33 Å². The van der Waals surface area contributed by atoms with Gasteiger partial charge >= 0.3 is 0 Å². The van der Waals surface area contributed by atoms with Crippen molar-refractivity contribution >= 4 is 0 Å². The third kappa shape index (κ3) is 1.39. The number of rotatable bonds is 1. The average Bonchev–Trinajstić information content (AvgIpc) is 2.58. The molecule has 1 aromatic heterocycles. The van der Waals surface area contributed by atoms with Crippen molar-refractivity contribution in [2.24, 2.45) is 0 Å². The van der Waals surface area contributed by atoms with Crippen molar-refractivity contribution in [3.05, 3.63) is 24.3 Å². The first-order chi connectivity index (χ1) is 5.47. The van der Waals surface area contributed by atoms with E-state index in [0.717, 1.165) is 0 Å². The molecule has 1 aliphatic carbocycles. The molecule has 0 unspecified atom stereocenters. The maximum Gasteiger partial charge on any atom is 0.197 e. The SMILES string of the molecule is [c]1nccc(C2CCCC2)n1. The van der Waals surface area contributed by atoms with Crippen LogP contribution in [-0.2, 0) is 0 Å². The molecule has 0 amide bonds. The molecule has 2 rings (SSSR count). The highest BCUT2D eigenvalue weighted by atomic mass is 14.8. The Morgan fingerprint density at radius 2 is 2.18 bits per heavy atom. The van der Waals surface area contributed by atoms with E-state index in [-0.39, 0.29) is 0 Å². The Balaban J connectivity index is 2.16. The summed E-state index contributed by atoms with van der Waals surface area (Å²) in [5, 5.41) is 0. The maximum absolute atomic E-state index is 4.12. The summed E-state index contributed by atoms with van der Waals surface area (Å²) < 4.78 is 0. The molecular formula is C9H11N2. The van der Waals surface area contributed by atoms with Crippen LogP contribution in [-0.4, -0.2) is 9.97 Å². The van der Waals surface area contributed by atoms with E-state index in [2.05, 4.69) is 16.3 Å². The van der Waals surface area contributed by atoms with Crippen LogP contribution in [0.5, 0.6) is 0 Å². The van der Waals surface area contributed by atoms with Crippen molar-refractivity contribution in [3.8, 4) is 0 Å². The van der Waals surface area contributed by atoms with Gasteiger partial charge in [-0.2, -0.15) is 0 Å². The van der Waals surface area contributed by atoms with Gasteiger partial charge in [-0.15, -0.1) is 0 Å². The lowest BCUT2D eigenvalue weighted by Crippen LogP contribution is -1.95. The molecule has 2 heteroatoms. The highest BCUT2D eigenvalue weighted by Crippen LogP contribution is 2.32. The molecule has 0 atom stereocenters. The molecule has 1 heterocycles. The zero-order valence-electron chi connectivity index (χ0n) is 6.45. The van der Waals surface area contributed by atoms with Crippen molar-refractivity contribution in [2.45, 2.75) is 31.6 Å². The molecule has 0 saturated heterocycles. The predicted octanol–water partition coefficient (Wildman–Crippen LogP) is 1.93. The highest BCUT2D eigenvalue weighted by Gasteiger charge is 2.17. The number of aromatic nitrogens is 2. The average molecular weight is 147 g/mol. The normalized spacial score (nSPS) is 18.9. The van der Waals surface area contributed by atoms with Crippen molar-refractivity contribution in [1.29, 1.82) is 0 Å². The number of hydrogen-bond donors (Lipinski definition) is 0. The first-order valence-corrected chi connectivity index (χ1v) is 4.16. The molecule has 0 aliphatic heterocycles. The van der Waals surface area contributed by atoms with E-state index in [4.69, 9.17) is 0 Å². The van der Waals surface area contributed by atoms with Crippen LogP contribution in [0.25, 0.3) is 0 Å². The molecular weight excluding hydrogens is 136 g/mol. The van der Waals surface area contributed by atoms with E-state index in [1.54, 1.807) is 6.20 Å². The molecule has 0 bridgehead atoms. The number of nitrogens with zero attached hydrogens (tertiary/aromatic N) is 2. The monoisotopic (exact) mass is 147 g/mol. The third-order valence-corrected chi connectivity index (χ3v) is 2.33. The second-order valence-electron chi connectivity index (χ2n) is 3.06. The summed E-state index contributed by atoms with van der Waals surface area (Å²) in [6, 6.07) is 2.01. The van der Waals surface area contributed by atoms with Crippen molar-refractivity contribution in [2.75, 3.05) is 0 Å². The minimum absolute atomic E-state index is 0.689. The first kappa shape index (κ1) is 6.77. The molecule has 1 aromatic rings. The second-order valence-corrected chi connectivity index (χ2v) is 3.06. The second kappa shape index (κ2) is 2.99. The Morgan fingerprint density at radius 1 is 1.36 bits per heavy atom. The lowest BCUT2D eigenvalue weighted by Gasteiger charge is -2.05. The van der Waals surface area contributed by atoms with Gasteiger partial charge in [-0.05, 0) is 18.9 Å². The van der Waals surface area contributed by atoms with Gasteiger partial charge in [-0.3, -0.25) is 0 Å². The molecule has 0 spiro atoms. The van der Waals surface area contributed by atoms with E-state index >= 15 is 0 Å². The minimum atomic E-state index is 0.689. The molecule has 1 fully saturated rings. The molecule has 1 radical (unpaired) electrons. The van der Waals surface area contributed by atoms with Gasteiger partial charge < -0.3 is 0 Å². The summed E-state index contributed by atoms with van der Waals surface area (Å²) in [6.45, 7) is 0. The van der Waals surface area contributed by atoms with Crippen LogP contribution in [0.1, 0.15) is 37.3 Å². The van der Waals surface area contributed by atoms with E-state index in [1.165, 1.54) is 31.4 Å². The zero-order valence-corrected chi connectivity index (χ0v) is 6.45. The largest absolute Gasteiger partial charge is 0.234 e. The smallest absolute Gasteiger partial charge is 0.197 e. The van der Waals surface area contributed by atoms with Gasteiger partial charge in [0.2, 0.25) is 0 Å². The summed E-state index contributed by atoms with van der Waals surface area (Å²) in [6.07, 6.45) is 9.72. The van der Waals surface area contributed by atoms with E-state index in [0.29, 0.717) is 5.92 Å².